The summed E-state index contributed by atoms with van der Waals surface area (Å²) in [7, 11) is -3.98. The number of carbonyl (C=O) groups excluding carboxylic acids is 1. The van der Waals surface area contributed by atoms with E-state index in [0.717, 1.165) is 5.56 Å². The first kappa shape index (κ1) is 22.7. The maximum Gasteiger partial charge on any atom is 0.345 e. The summed E-state index contributed by atoms with van der Waals surface area (Å²) in [6.07, 6.45) is 0.636. The second kappa shape index (κ2) is 9.59. The molecule has 1 atom stereocenters. The van der Waals surface area contributed by atoms with Gasteiger partial charge in [-0.25, -0.2) is 4.72 Å². The molecule has 0 aromatic heterocycles. The summed E-state index contributed by atoms with van der Waals surface area (Å²) in [6.45, 7) is 3.68. The van der Waals surface area contributed by atoms with Crippen LogP contribution in [0.15, 0.2) is 57.9 Å². The summed E-state index contributed by atoms with van der Waals surface area (Å²) in [6, 6.07) is 13.9. The highest BCUT2D eigenvalue weighted by molar-refractivity contribution is 7.89. The lowest BCUT2D eigenvalue weighted by atomic mass is 10.1. The zero-order valence-electron chi connectivity index (χ0n) is 18.1. The van der Waals surface area contributed by atoms with Crippen molar-refractivity contribution in [1.82, 2.24) is 9.62 Å². The van der Waals surface area contributed by atoms with E-state index in [2.05, 4.69) is 19.4 Å². The molecule has 0 aliphatic carbocycles. The highest BCUT2D eigenvalue weighted by Gasteiger charge is 2.29. The molecule has 3 N–H and O–H groups in total. The third kappa shape index (κ3) is 5.15. The Morgan fingerprint density at radius 1 is 1.21 bits per heavy atom. The number of para-hydroxylation sites is 1. The molecule has 2 heterocycles. The van der Waals surface area contributed by atoms with Crippen molar-refractivity contribution in [3.8, 4) is 5.75 Å². The number of nitrogens with zero attached hydrogens (tertiary/aromatic N) is 3. The predicted molar refractivity (Wildman–Crippen MR) is 125 cm³/mol. The van der Waals surface area contributed by atoms with Crippen LogP contribution in [0.25, 0.3) is 0 Å². The minimum atomic E-state index is -3.98. The van der Waals surface area contributed by atoms with Gasteiger partial charge >= 0.3 is 10.2 Å². The molecule has 0 saturated carbocycles. The SMILES string of the molecule is CC[C@@H](N=C1NS(=O)(=O)N=C1Nc1cccc(C(=O)N2CCOCC2)c1O)c1ccccc1. The number of benzene rings is 2. The molecule has 1 amide bonds. The van der Waals surface area contributed by atoms with E-state index >= 15 is 0 Å². The highest BCUT2D eigenvalue weighted by Crippen LogP contribution is 2.30. The first-order valence-corrected chi connectivity index (χ1v) is 12.0. The number of rotatable bonds is 5. The molecule has 10 nitrogen and oxygen atoms in total. The fourth-order valence-electron chi connectivity index (χ4n) is 3.64. The van der Waals surface area contributed by atoms with Crippen LogP contribution in [0.2, 0.25) is 0 Å². The number of phenolic OH excluding ortho intramolecular Hbond substituents is 1. The molecule has 2 aromatic carbocycles. The van der Waals surface area contributed by atoms with Crippen LogP contribution in [0.3, 0.4) is 0 Å². The summed E-state index contributed by atoms with van der Waals surface area (Å²) >= 11 is 0. The molecule has 4 rings (SSSR count). The zero-order valence-corrected chi connectivity index (χ0v) is 18.9. The molecule has 0 radical (unpaired) electrons. The maximum atomic E-state index is 12.8. The third-order valence-electron chi connectivity index (χ3n) is 5.34. The van der Waals surface area contributed by atoms with E-state index in [-0.39, 0.29) is 40.6 Å². The lowest BCUT2D eigenvalue weighted by Gasteiger charge is -2.27. The van der Waals surface area contributed by atoms with Crippen LogP contribution < -0.4 is 10.0 Å². The molecule has 1 fully saturated rings. The molecule has 2 aliphatic heterocycles. The number of morpholine rings is 1. The summed E-state index contributed by atoms with van der Waals surface area (Å²) in [5, 5.41) is 13.6. The molecule has 0 spiro atoms. The van der Waals surface area contributed by atoms with Crippen molar-refractivity contribution in [3.63, 3.8) is 0 Å². The molecule has 33 heavy (non-hydrogen) atoms. The van der Waals surface area contributed by atoms with Gasteiger partial charge in [-0.1, -0.05) is 43.3 Å². The van der Waals surface area contributed by atoms with Gasteiger partial charge < -0.3 is 20.1 Å². The van der Waals surface area contributed by atoms with Crippen molar-refractivity contribution in [2.75, 3.05) is 31.6 Å². The van der Waals surface area contributed by atoms with Crippen molar-refractivity contribution >= 4 is 33.5 Å². The van der Waals surface area contributed by atoms with Crippen LogP contribution in [0.4, 0.5) is 5.69 Å². The van der Waals surface area contributed by atoms with Crippen LogP contribution in [0.5, 0.6) is 5.75 Å². The summed E-state index contributed by atoms with van der Waals surface area (Å²) in [4.78, 5) is 19.0. The van der Waals surface area contributed by atoms with Gasteiger partial charge in [-0.3, -0.25) is 9.79 Å². The Morgan fingerprint density at radius 3 is 2.64 bits per heavy atom. The van der Waals surface area contributed by atoms with E-state index in [9.17, 15) is 18.3 Å². The van der Waals surface area contributed by atoms with Crippen LogP contribution in [-0.2, 0) is 14.9 Å². The molecule has 1 saturated heterocycles. The van der Waals surface area contributed by atoms with E-state index in [4.69, 9.17) is 4.74 Å². The van der Waals surface area contributed by atoms with E-state index in [1.807, 2.05) is 37.3 Å². The van der Waals surface area contributed by atoms with Crippen molar-refractivity contribution in [3.05, 3.63) is 59.7 Å². The summed E-state index contributed by atoms with van der Waals surface area (Å²) in [5.41, 5.74) is 1.18. The number of aliphatic imine (C=N–C) groups is 1. The normalized spacial score (nSPS) is 19.6. The Hall–Kier alpha value is -3.44. The first-order chi connectivity index (χ1) is 15.9. The van der Waals surface area contributed by atoms with E-state index in [1.165, 1.54) is 12.1 Å². The lowest BCUT2D eigenvalue weighted by molar-refractivity contribution is 0.0301. The Bertz CT molecular complexity index is 1190. The van der Waals surface area contributed by atoms with E-state index in [1.54, 1.807) is 11.0 Å². The van der Waals surface area contributed by atoms with Gasteiger partial charge in [0.2, 0.25) is 0 Å². The molecule has 0 unspecified atom stereocenters. The second-order valence-corrected chi connectivity index (χ2v) is 8.90. The van der Waals surface area contributed by atoms with Gasteiger partial charge in [-0.05, 0) is 24.1 Å². The summed E-state index contributed by atoms with van der Waals surface area (Å²) < 4.78 is 35.6. The highest BCUT2D eigenvalue weighted by atomic mass is 32.2. The largest absolute Gasteiger partial charge is 0.505 e. The average Bonchev–Trinajstić information content (AvgIpc) is 3.12. The lowest BCUT2D eigenvalue weighted by Crippen LogP contribution is -2.40. The number of hydrogen-bond acceptors (Lipinski definition) is 7. The Labute approximate surface area is 192 Å². The fraction of sp³-hybridized carbons (Fsp3) is 0.318. The quantitative estimate of drug-likeness (QED) is 0.572. The van der Waals surface area contributed by atoms with E-state index < -0.39 is 10.2 Å². The molecular formula is C22H25N5O5S. The number of amidine groups is 2. The van der Waals surface area contributed by atoms with Gasteiger partial charge in [0.25, 0.3) is 5.91 Å². The minimum absolute atomic E-state index is 0.0370. The van der Waals surface area contributed by atoms with Crippen LogP contribution in [0.1, 0.15) is 35.3 Å². The Morgan fingerprint density at radius 2 is 1.94 bits per heavy atom. The number of hydrogen-bond donors (Lipinski definition) is 3. The Kier molecular flexibility index (Phi) is 6.61. The number of phenols is 1. The molecule has 2 aliphatic rings. The number of carbonyl (C=O) groups is 1. The monoisotopic (exact) mass is 471 g/mol. The van der Waals surface area contributed by atoms with Crippen molar-refractivity contribution in [2.45, 2.75) is 19.4 Å². The van der Waals surface area contributed by atoms with Crippen molar-refractivity contribution < 1.29 is 23.1 Å². The number of ether oxygens (including phenoxy) is 1. The van der Waals surface area contributed by atoms with Gasteiger partial charge in [-0.15, -0.1) is 4.40 Å². The Balaban J connectivity index is 1.62. The standard InChI is InChI=1S/C22H25N5O5S/c1-2-17(15-7-4-3-5-8-15)23-20-21(26-33(30,31)25-20)24-18-10-6-9-16(19(18)28)22(29)27-11-13-32-14-12-27/h3-10,17,28H,2,11-14H2,1H3,(H,23,25)(H,24,26)/t17-/m1/s1. The third-order valence-corrected chi connectivity index (χ3v) is 6.21. The first-order valence-electron chi connectivity index (χ1n) is 10.6. The minimum Gasteiger partial charge on any atom is -0.505 e. The smallest absolute Gasteiger partial charge is 0.345 e. The van der Waals surface area contributed by atoms with Gasteiger partial charge in [0, 0.05) is 13.1 Å². The van der Waals surface area contributed by atoms with Gasteiger partial charge in [0.05, 0.1) is 30.5 Å². The van der Waals surface area contributed by atoms with E-state index in [0.29, 0.717) is 32.7 Å². The van der Waals surface area contributed by atoms with Crippen LogP contribution >= 0.6 is 0 Å². The topological polar surface area (TPSA) is 133 Å². The molecule has 0 bridgehead atoms. The number of nitrogens with one attached hydrogen (secondary N) is 2. The van der Waals surface area contributed by atoms with Gasteiger partial charge in [0.15, 0.2) is 17.4 Å². The van der Waals surface area contributed by atoms with Crippen LogP contribution in [0, 0.1) is 0 Å². The van der Waals surface area contributed by atoms with Gasteiger partial charge in [-0.2, -0.15) is 8.42 Å². The van der Waals surface area contributed by atoms with Crippen molar-refractivity contribution in [2.24, 2.45) is 9.39 Å². The molecular weight excluding hydrogens is 446 g/mol. The van der Waals surface area contributed by atoms with Crippen LogP contribution in [-0.4, -0.2) is 62.3 Å². The summed E-state index contributed by atoms with van der Waals surface area (Å²) in [5.74, 6) is -0.649. The fourth-order valence-corrected chi connectivity index (χ4v) is 4.45. The zero-order chi connectivity index (χ0) is 23.4. The molecule has 174 valence electrons. The number of anilines is 1. The maximum absolute atomic E-state index is 12.8. The average molecular weight is 472 g/mol. The molecule has 11 heteroatoms. The second-order valence-electron chi connectivity index (χ2n) is 7.56. The van der Waals surface area contributed by atoms with Crippen molar-refractivity contribution in [1.29, 1.82) is 0 Å². The number of aromatic hydroxyl groups is 1. The molecule has 2 aromatic rings. The van der Waals surface area contributed by atoms with Gasteiger partial charge in [0.1, 0.15) is 0 Å². The predicted octanol–water partition coefficient (Wildman–Crippen LogP) is 2.07. The number of amides is 1.